The van der Waals surface area contributed by atoms with Crippen LogP contribution in [0.25, 0.3) is 5.70 Å². The van der Waals surface area contributed by atoms with Crippen molar-refractivity contribution in [2.75, 3.05) is 9.80 Å². The zero-order chi connectivity index (χ0) is 33.9. The van der Waals surface area contributed by atoms with E-state index in [-0.39, 0.29) is 22.4 Å². The van der Waals surface area contributed by atoms with E-state index in [2.05, 4.69) is 40.1 Å². The molecule has 0 spiro atoms. The van der Waals surface area contributed by atoms with E-state index in [1.807, 2.05) is 109 Å². The number of halogens is 2. The van der Waals surface area contributed by atoms with Crippen LogP contribution in [0, 0.1) is 10.1 Å². The van der Waals surface area contributed by atoms with Gasteiger partial charge in [0, 0.05) is 39.1 Å². The van der Waals surface area contributed by atoms with Crippen LogP contribution in [0.2, 0.25) is 10.0 Å². The van der Waals surface area contributed by atoms with Gasteiger partial charge in [-0.3, -0.25) is 10.1 Å². The van der Waals surface area contributed by atoms with E-state index in [0.29, 0.717) is 15.6 Å². The van der Waals surface area contributed by atoms with E-state index < -0.39 is 12.1 Å². The Kier molecular flexibility index (Phi) is 9.07. The first-order chi connectivity index (χ1) is 23.9. The van der Waals surface area contributed by atoms with E-state index in [4.69, 9.17) is 23.2 Å². The smallest absolute Gasteiger partial charge is 0.269 e. The minimum absolute atomic E-state index is 0.00717. The zero-order valence-electron chi connectivity index (χ0n) is 26.2. The molecule has 7 rings (SSSR count). The number of hydrogen-bond donors (Lipinski definition) is 1. The maximum absolute atomic E-state index is 11.7. The van der Waals surface area contributed by atoms with Gasteiger partial charge in [-0.2, -0.15) is 0 Å². The first-order valence-electron chi connectivity index (χ1n) is 15.8. The van der Waals surface area contributed by atoms with E-state index in [1.54, 1.807) is 24.3 Å². The molecule has 1 heterocycles. The molecule has 0 saturated heterocycles. The average molecular weight is 685 g/mol. The Labute approximate surface area is 294 Å². The molecule has 0 amide bonds. The predicted octanol–water partition coefficient (Wildman–Crippen LogP) is 11.2. The molecule has 0 bridgehead atoms. The number of non-ortho nitro benzene ring substituents is 1. The van der Waals surface area contributed by atoms with Gasteiger partial charge < -0.3 is 14.9 Å². The third kappa shape index (κ3) is 6.49. The summed E-state index contributed by atoms with van der Waals surface area (Å²) < 4.78 is 0. The molecule has 49 heavy (non-hydrogen) atoms. The molecule has 6 nitrogen and oxygen atoms in total. The van der Waals surface area contributed by atoms with Crippen molar-refractivity contribution in [1.82, 2.24) is 0 Å². The van der Waals surface area contributed by atoms with Crippen molar-refractivity contribution < 1.29 is 10.0 Å². The fourth-order valence-electron chi connectivity index (χ4n) is 6.69. The predicted molar refractivity (Wildman–Crippen MR) is 198 cm³/mol. The van der Waals surface area contributed by atoms with Gasteiger partial charge in [0.05, 0.1) is 28.7 Å². The summed E-state index contributed by atoms with van der Waals surface area (Å²) in [5, 5.41) is 24.4. The van der Waals surface area contributed by atoms with Crippen LogP contribution in [-0.4, -0.2) is 10.0 Å². The number of para-hydroxylation sites is 3. The number of phenolic OH excluding ortho intramolecular Hbond substituents is 1. The number of nitrogens with zero attached hydrogens (tertiary/aromatic N) is 3. The average Bonchev–Trinajstić information content (AvgIpc) is 3.29. The Morgan fingerprint density at radius 3 is 1.61 bits per heavy atom. The first kappa shape index (κ1) is 32.0. The summed E-state index contributed by atoms with van der Waals surface area (Å²) in [6.45, 7) is 0. The summed E-state index contributed by atoms with van der Waals surface area (Å²) in [6.07, 6.45) is 2.15. The van der Waals surface area contributed by atoms with Gasteiger partial charge in [0.1, 0.15) is 5.75 Å². The van der Waals surface area contributed by atoms with Crippen molar-refractivity contribution in [3.05, 3.63) is 206 Å². The standard InChI is InChI=1S/C41H31Cl2N3O3/c42-31-21-15-29(16-22-31)40-41(30-17-23-32(43)24-18-30)45(34-11-5-2-6-12-34)38(36-13-7-8-14-39(36)47)27-37(44(40)33-9-3-1-4-10-33)28-19-25-35(26-20-28)46(48)49/h1-27,37,40-41,47H/t37?,40-,41-/m0/s1. The molecule has 6 aromatic rings. The number of phenols is 1. The van der Waals surface area contributed by atoms with E-state index in [9.17, 15) is 15.2 Å². The molecule has 6 aromatic carbocycles. The summed E-state index contributed by atoms with van der Waals surface area (Å²) in [5.41, 5.74) is 6.08. The summed E-state index contributed by atoms with van der Waals surface area (Å²) in [6, 6.07) is 48.8. The molecule has 3 atom stereocenters. The molecule has 1 N–H and O–H groups in total. The Hall–Kier alpha value is -5.56. The Morgan fingerprint density at radius 2 is 1.06 bits per heavy atom. The lowest BCUT2D eigenvalue weighted by Crippen LogP contribution is -2.39. The maximum Gasteiger partial charge on any atom is 0.269 e. The van der Waals surface area contributed by atoms with Crippen LogP contribution in [0.5, 0.6) is 5.75 Å². The highest BCUT2D eigenvalue weighted by atomic mass is 35.5. The molecule has 0 aromatic heterocycles. The Balaban J connectivity index is 1.62. The summed E-state index contributed by atoms with van der Waals surface area (Å²) in [7, 11) is 0. The highest BCUT2D eigenvalue weighted by molar-refractivity contribution is 6.30. The van der Waals surface area contributed by atoms with Gasteiger partial charge in [0.15, 0.2) is 0 Å². The number of rotatable bonds is 7. The second-order valence-electron chi connectivity index (χ2n) is 11.8. The largest absolute Gasteiger partial charge is 0.507 e. The number of nitro benzene ring substituents is 1. The quantitative estimate of drug-likeness (QED) is 0.134. The van der Waals surface area contributed by atoms with E-state index >= 15 is 0 Å². The number of hydrogen-bond acceptors (Lipinski definition) is 5. The van der Waals surface area contributed by atoms with Crippen LogP contribution in [0.4, 0.5) is 17.1 Å². The third-order valence-electron chi connectivity index (χ3n) is 8.89. The first-order valence-corrected chi connectivity index (χ1v) is 16.6. The lowest BCUT2D eigenvalue weighted by Gasteiger charge is -2.45. The van der Waals surface area contributed by atoms with Crippen molar-refractivity contribution in [2.45, 2.75) is 18.1 Å². The fourth-order valence-corrected chi connectivity index (χ4v) is 6.94. The van der Waals surface area contributed by atoms with Gasteiger partial charge in [-0.1, -0.05) is 96.0 Å². The summed E-state index contributed by atoms with van der Waals surface area (Å²) >= 11 is 13.0. The minimum atomic E-state index is -0.456. The number of aromatic hydroxyl groups is 1. The van der Waals surface area contributed by atoms with Crippen molar-refractivity contribution >= 4 is 46.0 Å². The summed E-state index contributed by atoms with van der Waals surface area (Å²) in [4.78, 5) is 16.0. The maximum atomic E-state index is 11.7. The second kappa shape index (κ2) is 13.9. The molecule has 1 aliphatic heterocycles. The molecule has 1 aliphatic rings. The molecule has 242 valence electrons. The van der Waals surface area contributed by atoms with E-state index in [1.165, 1.54) is 0 Å². The summed E-state index contributed by atoms with van der Waals surface area (Å²) in [5.74, 6) is 0.128. The molecule has 0 fully saturated rings. The Morgan fingerprint density at radius 1 is 0.571 bits per heavy atom. The van der Waals surface area contributed by atoms with Gasteiger partial charge in [-0.15, -0.1) is 0 Å². The molecule has 0 radical (unpaired) electrons. The third-order valence-corrected chi connectivity index (χ3v) is 9.39. The highest BCUT2D eigenvalue weighted by Gasteiger charge is 2.43. The van der Waals surface area contributed by atoms with Crippen LogP contribution >= 0.6 is 23.2 Å². The lowest BCUT2D eigenvalue weighted by molar-refractivity contribution is -0.384. The number of nitro groups is 1. The van der Waals surface area contributed by atoms with E-state index in [0.717, 1.165) is 33.8 Å². The van der Waals surface area contributed by atoms with Crippen molar-refractivity contribution in [3.8, 4) is 5.75 Å². The number of benzene rings is 6. The fraction of sp³-hybridized carbons (Fsp3) is 0.0732. The van der Waals surface area contributed by atoms with Crippen molar-refractivity contribution in [1.29, 1.82) is 0 Å². The van der Waals surface area contributed by atoms with Gasteiger partial charge in [-0.25, -0.2) is 0 Å². The molecule has 0 aliphatic carbocycles. The molecule has 8 heteroatoms. The molecular weight excluding hydrogens is 653 g/mol. The van der Waals surface area contributed by atoms with Crippen LogP contribution in [0.3, 0.4) is 0 Å². The van der Waals surface area contributed by atoms with Gasteiger partial charge in [0.25, 0.3) is 5.69 Å². The molecular formula is C41H31Cl2N3O3. The van der Waals surface area contributed by atoms with Crippen LogP contribution in [0.15, 0.2) is 164 Å². The lowest BCUT2D eigenvalue weighted by atomic mass is 9.88. The highest BCUT2D eigenvalue weighted by Crippen LogP contribution is 2.53. The normalized spacial score (nSPS) is 17.7. The van der Waals surface area contributed by atoms with Crippen molar-refractivity contribution in [3.63, 3.8) is 0 Å². The second-order valence-corrected chi connectivity index (χ2v) is 12.7. The van der Waals surface area contributed by atoms with Crippen LogP contribution in [0.1, 0.15) is 40.4 Å². The zero-order valence-corrected chi connectivity index (χ0v) is 27.7. The Bertz CT molecular complexity index is 2090. The number of anilines is 2. The van der Waals surface area contributed by atoms with Gasteiger partial charge >= 0.3 is 0 Å². The topological polar surface area (TPSA) is 69.8 Å². The van der Waals surface area contributed by atoms with Gasteiger partial charge in [0.2, 0.25) is 0 Å². The minimum Gasteiger partial charge on any atom is -0.507 e. The molecule has 1 unspecified atom stereocenters. The van der Waals surface area contributed by atoms with Crippen LogP contribution in [-0.2, 0) is 0 Å². The SMILES string of the molecule is O=[N+]([O-])c1ccc(C2C=C(c3ccccc3O)N(c3ccccc3)[C@@H](c3ccc(Cl)cc3)[C@H](c3ccc(Cl)cc3)N2c2ccccc2)cc1. The molecule has 0 saturated carbocycles. The van der Waals surface area contributed by atoms with Gasteiger partial charge in [-0.05, 0) is 95.6 Å². The van der Waals surface area contributed by atoms with Crippen LogP contribution < -0.4 is 9.80 Å². The monoisotopic (exact) mass is 683 g/mol. The van der Waals surface area contributed by atoms with Crippen molar-refractivity contribution in [2.24, 2.45) is 0 Å².